The highest BCUT2D eigenvalue weighted by Crippen LogP contribution is 2.39. The molecule has 29 heavy (non-hydrogen) atoms. The summed E-state index contributed by atoms with van der Waals surface area (Å²) in [6.45, 7) is 0. The lowest BCUT2D eigenvalue weighted by atomic mass is 9.76. The predicted octanol–water partition coefficient (Wildman–Crippen LogP) is 8.41. The molecule has 2 saturated carbocycles. The predicted molar refractivity (Wildman–Crippen MR) is 112 cm³/mol. The molecule has 0 radical (unpaired) electrons. The van der Waals surface area contributed by atoms with Crippen molar-refractivity contribution in [1.82, 2.24) is 0 Å². The average molecular weight is 401 g/mol. The molecule has 0 N–H and O–H groups in total. The zero-order chi connectivity index (χ0) is 20.2. The first-order valence-electron chi connectivity index (χ1n) is 11.3. The molecule has 0 nitrogen and oxygen atoms in total. The second kappa shape index (κ2) is 9.36. The second-order valence-corrected chi connectivity index (χ2v) is 9.17. The van der Waals surface area contributed by atoms with E-state index in [1.165, 1.54) is 76.2 Å². The van der Waals surface area contributed by atoms with E-state index in [2.05, 4.69) is 12.1 Å². The van der Waals surface area contributed by atoms with Crippen LogP contribution in [0.15, 0.2) is 36.4 Å². The van der Waals surface area contributed by atoms with Crippen molar-refractivity contribution >= 4 is 0 Å². The van der Waals surface area contributed by atoms with E-state index in [1.807, 2.05) is 12.1 Å². The molecule has 2 fully saturated rings. The topological polar surface area (TPSA) is 0 Å². The van der Waals surface area contributed by atoms with Crippen molar-refractivity contribution in [3.63, 3.8) is 0 Å². The van der Waals surface area contributed by atoms with Gasteiger partial charge in [-0.3, -0.25) is 0 Å². The van der Waals surface area contributed by atoms with Crippen molar-refractivity contribution < 1.29 is 13.2 Å². The van der Waals surface area contributed by atoms with Crippen molar-refractivity contribution in [3.8, 4) is 11.1 Å². The zero-order valence-electron chi connectivity index (χ0n) is 17.1. The summed E-state index contributed by atoms with van der Waals surface area (Å²) < 4.78 is 40.2. The first-order valence-corrected chi connectivity index (χ1v) is 11.3. The molecule has 0 heterocycles. The summed E-state index contributed by atoms with van der Waals surface area (Å²) in [5.74, 6) is -1.22. The molecular formula is C26H31F3. The van der Waals surface area contributed by atoms with Crippen LogP contribution in [0.1, 0.15) is 82.1 Å². The van der Waals surface area contributed by atoms with Crippen LogP contribution in [0.25, 0.3) is 11.1 Å². The Hall–Kier alpha value is -1.77. The Bertz CT molecular complexity index is 774. The standard InChI is InChI=1S/C26H31F3/c27-24-16-23(17-25(28)26(24)29)22-14-12-21(13-15-22)20-10-8-19(9-11-20)7-3-6-18-4-1-2-5-18/h12-20H,1-11H2. The van der Waals surface area contributed by atoms with Crippen LogP contribution in [-0.2, 0) is 0 Å². The van der Waals surface area contributed by atoms with Gasteiger partial charge in [-0.1, -0.05) is 69.2 Å². The molecule has 2 aliphatic carbocycles. The van der Waals surface area contributed by atoms with Crippen LogP contribution in [0.2, 0.25) is 0 Å². The van der Waals surface area contributed by atoms with Crippen LogP contribution in [0.5, 0.6) is 0 Å². The first kappa shape index (κ1) is 20.5. The smallest absolute Gasteiger partial charge is 0.194 e. The molecule has 156 valence electrons. The lowest BCUT2D eigenvalue weighted by molar-refractivity contribution is 0.295. The van der Waals surface area contributed by atoms with Gasteiger partial charge in [-0.05, 0) is 72.3 Å². The van der Waals surface area contributed by atoms with Gasteiger partial charge in [-0.2, -0.15) is 0 Å². The molecule has 0 saturated heterocycles. The van der Waals surface area contributed by atoms with Crippen LogP contribution in [0.4, 0.5) is 13.2 Å². The molecule has 2 aliphatic rings. The number of benzene rings is 2. The van der Waals surface area contributed by atoms with Crippen LogP contribution in [0, 0.1) is 29.3 Å². The Balaban J connectivity index is 1.29. The highest BCUT2D eigenvalue weighted by Gasteiger charge is 2.23. The van der Waals surface area contributed by atoms with Gasteiger partial charge in [-0.15, -0.1) is 0 Å². The van der Waals surface area contributed by atoms with Crippen molar-refractivity contribution in [2.75, 3.05) is 0 Å². The zero-order valence-corrected chi connectivity index (χ0v) is 17.1. The fourth-order valence-electron chi connectivity index (χ4n) is 5.45. The summed E-state index contributed by atoms with van der Waals surface area (Å²) in [5, 5.41) is 0. The Morgan fingerprint density at radius 3 is 1.79 bits per heavy atom. The van der Waals surface area contributed by atoms with Gasteiger partial charge in [-0.25, -0.2) is 13.2 Å². The molecule has 0 bridgehead atoms. The van der Waals surface area contributed by atoms with Crippen molar-refractivity contribution in [3.05, 3.63) is 59.4 Å². The number of rotatable bonds is 6. The van der Waals surface area contributed by atoms with E-state index in [9.17, 15) is 13.2 Å². The third-order valence-corrected chi connectivity index (χ3v) is 7.25. The number of hydrogen-bond donors (Lipinski definition) is 0. The Morgan fingerprint density at radius 2 is 1.21 bits per heavy atom. The van der Waals surface area contributed by atoms with Gasteiger partial charge >= 0.3 is 0 Å². The summed E-state index contributed by atoms with van der Waals surface area (Å²) in [4.78, 5) is 0. The van der Waals surface area contributed by atoms with E-state index in [1.54, 1.807) is 0 Å². The first-order chi connectivity index (χ1) is 14.1. The molecule has 0 spiro atoms. The van der Waals surface area contributed by atoms with E-state index in [-0.39, 0.29) is 0 Å². The van der Waals surface area contributed by atoms with Gasteiger partial charge < -0.3 is 0 Å². The van der Waals surface area contributed by atoms with Crippen molar-refractivity contribution in [2.24, 2.45) is 11.8 Å². The van der Waals surface area contributed by atoms with Gasteiger partial charge in [0, 0.05) is 0 Å². The van der Waals surface area contributed by atoms with E-state index in [4.69, 9.17) is 0 Å². The summed E-state index contributed by atoms with van der Waals surface area (Å²) in [5.41, 5.74) is 2.40. The molecule has 0 atom stereocenters. The summed E-state index contributed by atoms with van der Waals surface area (Å²) in [6.07, 6.45) is 15.1. The highest BCUT2D eigenvalue weighted by atomic mass is 19.2. The van der Waals surface area contributed by atoms with Gasteiger partial charge in [0.2, 0.25) is 0 Å². The maximum absolute atomic E-state index is 13.5. The quantitative estimate of drug-likeness (QED) is 0.427. The molecule has 0 unspecified atom stereocenters. The molecule has 2 aromatic rings. The monoisotopic (exact) mass is 400 g/mol. The lowest BCUT2D eigenvalue weighted by Gasteiger charge is -2.29. The maximum Gasteiger partial charge on any atom is 0.194 e. The minimum atomic E-state index is -1.41. The maximum atomic E-state index is 13.5. The van der Waals surface area contributed by atoms with Gasteiger partial charge in [0.1, 0.15) is 0 Å². The molecule has 0 amide bonds. The Morgan fingerprint density at radius 1 is 0.655 bits per heavy atom. The van der Waals surface area contributed by atoms with E-state index >= 15 is 0 Å². The Labute approximate surface area is 172 Å². The number of halogens is 3. The van der Waals surface area contributed by atoms with Gasteiger partial charge in [0.25, 0.3) is 0 Å². The van der Waals surface area contributed by atoms with Gasteiger partial charge in [0.15, 0.2) is 17.5 Å². The van der Waals surface area contributed by atoms with Crippen molar-refractivity contribution in [2.45, 2.75) is 76.5 Å². The SMILES string of the molecule is Fc1cc(-c2ccc(C3CCC(CCCC4CCCC4)CC3)cc2)cc(F)c1F. The number of hydrogen-bond acceptors (Lipinski definition) is 0. The van der Waals surface area contributed by atoms with Crippen LogP contribution in [-0.4, -0.2) is 0 Å². The normalized spacial score (nSPS) is 22.9. The summed E-state index contributed by atoms with van der Waals surface area (Å²) in [7, 11) is 0. The summed E-state index contributed by atoms with van der Waals surface area (Å²) in [6, 6.07) is 10.1. The van der Waals surface area contributed by atoms with Crippen LogP contribution < -0.4 is 0 Å². The molecule has 4 rings (SSSR count). The second-order valence-electron chi connectivity index (χ2n) is 9.17. The molecular weight excluding hydrogens is 369 g/mol. The van der Waals surface area contributed by atoms with Crippen molar-refractivity contribution in [1.29, 1.82) is 0 Å². The molecule has 0 aliphatic heterocycles. The van der Waals surface area contributed by atoms with E-state index in [0.717, 1.165) is 24.0 Å². The fraction of sp³-hybridized carbons (Fsp3) is 0.538. The fourth-order valence-corrected chi connectivity index (χ4v) is 5.45. The minimum Gasteiger partial charge on any atom is -0.204 e. The van der Waals surface area contributed by atoms with Crippen LogP contribution in [0.3, 0.4) is 0 Å². The third-order valence-electron chi connectivity index (χ3n) is 7.25. The minimum absolute atomic E-state index is 0.374. The molecule has 3 heteroatoms. The van der Waals surface area contributed by atoms with Crippen LogP contribution >= 0.6 is 0 Å². The average Bonchev–Trinajstić information content (AvgIpc) is 3.26. The van der Waals surface area contributed by atoms with E-state index in [0.29, 0.717) is 17.0 Å². The molecule has 2 aromatic carbocycles. The lowest BCUT2D eigenvalue weighted by Crippen LogP contribution is -2.13. The highest BCUT2D eigenvalue weighted by molar-refractivity contribution is 5.64. The molecule has 0 aromatic heterocycles. The third kappa shape index (κ3) is 5.05. The Kier molecular flexibility index (Phi) is 6.62. The van der Waals surface area contributed by atoms with E-state index < -0.39 is 17.5 Å². The summed E-state index contributed by atoms with van der Waals surface area (Å²) >= 11 is 0. The van der Waals surface area contributed by atoms with Gasteiger partial charge in [0.05, 0.1) is 0 Å². The largest absolute Gasteiger partial charge is 0.204 e.